The number of hydrogen-bond donors (Lipinski definition) is 1. The zero-order chi connectivity index (χ0) is 16.8. The number of aromatic amines is 1. The molecule has 0 radical (unpaired) electrons. The molecule has 0 aliphatic carbocycles. The lowest BCUT2D eigenvalue weighted by molar-refractivity contribution is -0.159. The molecule has 2 amide bonds. The van der Waals surface area contributed by atoms with Crippen LogP contribution in [0, 0.1) is 6.92 Å². The lowest BCUT2D eigenvalue weighted by Crippen LogP contribution is -2.61. The second-order valence-electron chi connectivity index (χ2n) is 6.52. The van der Waals surface area contributed by atoms with E-state index in [2.05, 4.69) is 9.97 Å². The van der Waals surface area contributed by atoms with Gasteiger partial charge >= 0.3 is 0 Å². The Morgan fingerprint density at radius 1 is 1.42 bits per heavy atom. The third kappa shape index (κ3) is 2.45. The highest BCUT2D eigenvalue weighted by molar-refractivity contribution is 5.97. The summed E-state index contributed by atoms with van der Waals surface area (Å²) in [5, 5.41) is 0. The highest BCUT2D eigenvalue weighted by Crippen LogP contribution is 2.24. The van der Waals surface area contributed by atoms with E-state index in [0.29, 0.717) is 18.7 Å². The van der Waals surface area contributed by atoms with Crippen LogP contribution in [0.3, 0.4) is 0 Å². The molecule has 2 saturated heterocycles. The molecule has 2 fully saturated rings. The first-order chi connectivity index (χ1) is 11.5. The monoisotopic (exact) mass is 328 g/mol. The summed E-state index contributed by atoms with van der Waals surface area (Å²) in [5.74, 6) is 0.781. The van der Waals surface area contributed by atoms with Gasteiger partial charge in [-0.1, -0.05) is 0 Å². The van der Waals surface area contributed by atoms with Crippen molar-refractivity contribution in [3.05, 3.63) is 29.6 Å². The maximum atomic E-state index is 12.9. The SMILES string of the molecule is Cc1nc2ccc(C(=O)N3CC[C@H]4OCC(=O)N(C)[C@H]4C3)cc2[nH]1. The standard InChI is InChI=1S/C17H20N4O3/c1-10-18-12-4-3-11(7-13(12)19-10)17(23)21-6-5-15-14(8-21)20(2)16(22)9-24-15/h3-4,7,14-15H,5-6,8-9H2,1-2H3,(H,18,19)/t14-,15+/m0/s1. The Bertz CT molecular complexity index is 815. The van der Waals surface area contributed by atoms with Gasteiger partial charge in [-0.15, -0.1) is 0 Å². The minimum atomic E-state index is -0.0675. The molecule has 0 spiro atoms. The van der Waals surface area contributed by atoms with Crippen molar-refractivity contribution in [1.82, 2.24) is 19.8 Å². The van der Waals surface area contributed by atoms with Crippen molar-refractivity contribution < 1.29 is 14.3 Å². The Kier molecular flexibility index (Phi) is 3.53. The van der Waals surface area contributed by atoms with Crippen molar-refractivity contribution in [2.24, 2.45) is 0 Å². The number of rotatable bonds is 1. The smallest absolute Gasteiger partial charge is 0.254 e. The van der Waals surface area contributed by atoms with Crippen molar-refractivity contribution in [2.45, 2.75) is 25.5 Å². The number of hydrogen-bond acceptors (Lipinski definition) is 4. The summed E-state index contributed by atoms with van der Waals surface area (Å²) in [6.07, 6.45) is 0.772. The largest absolute Gasteiger partial charge is 0.366 e. The fourth-order valence-corrected chi connectivity index (χ4v) is 3.58. The van der Waals surface area contributed by atoms with Crippen LogP contribution in [0.15, 0.2) is 18.2 Å². The van der Waals surface area contributed by atoms with Crippen LogP contribution in [0.25, 0.3) is 11.0 Å². The van der Waals surface area contributed by atoms with Crippen LogP contribution in [-0.2, 0) is 9.53 Å². The van der Waals surface area contributed by atoms with Crippen LogP contribution >= 0.6 is 0 Å². The Morgan fingerprint density at radius 3 is 3.08 bits per heavy atom. The first-order valence-corrected chi connectivity index (χ1v) is 8.16. The van der Waals surface area contributed by atoms with Gasteiger partial charge in [0.15, 0.2) is 0 Å². The Labute approximate surface area is 139 Å². The molecule has 1 N–H and O–H groups in total. The molecule has 0 saturated carbocycles. The van der Waals surface area contributed by atoms with E-state index in [1.54, 1.807) is 11.9 Å². The maximum absolute atomic E-state index is 12.9. The lowest BCUT2D eigenvalue weighted by Gasteiger charge is -2.45. The summed E-state index contributed by atoms with van der Waals surface area (Å²) in [6.45, 7) is 3.18. The number of benzene rings is 1. The van der Waals surface area contributed by atoms with E-state index in [0.717, 1.165) is 23.3 Å². The highest BCUT2D eigenvalue weighted by atomic mass is 16.5. The lowest BCUT2D eigenvalue weighted by atomic mass is 9.98. The quantitative estimate of drug-likeness (QED) is 0.845. The number of piperidine rings is 1. The zero-order valence-corrected chi connectivity index (χ0v) is 13.8. The molecule has 24 heavy (non-hydrogen) atoms. The van der Waals surface area contributed by atoms with Crippen molar-refractivity contribution in [3.63, 3.8) is 0 Å². The normalized spacial score (nSPS) is 24.3. The van der Waals surface area contributed by atoms with Gasteiger partial charge in [0.2, 0.25) is 5.91 Å². The number of likely N-dealkylation sites (N-methyl/N-ethyl adjacent to an activating group) is 1. The molecule has 1 aromatic carbocycles. The molecule has 0 unspecified atom stereocenters. The number of nitrogens with one attached hydrogen (secondary N) is 1. The van der Waals surface area contributed by atoms with E-state index in [9.17, 15) is 9.59 Å². The molecule has 2 aliphatic heterocycles. The summed E-state index contributed by atoms with van der Waals surface area (Å²) in [6, 6.07) is 5.44. The molecule has 7 heteroatoms. The number of fused-ring (bicyclic) bond motifs is 2. The number of nitrogens with zero attached hydrogens (tertiary/aromatic N) is 3. The number of carbonyl (C=O) groups excluding carboxylic acids is 2. The summed E-state index contributed by atoms with van der Waals surface area (Å²) in [7, 11) is 1.79. The zero-order valence-electron chi connectivity index (χ0n) is 13.8. The van der Waals surface area contributed by atoms with E-state index in [-0.39, 0.29) is 30.6 Å². The summed E-state index contributed by atoms with van der Waals surface area (Å²) < 4.78 is 5.62. The van der Waals surface area contributed by atoms with E-state index in [4.69, 9.17) is 4.74 Å². The molecule has 1 aromatic heterocycles. The fourth-order valence-electron chi connectivity index (χ4n) is 3.58. The molecule has 2 atom stereocenters. The van der Waals surface area contributed by atoms with Crippen molar-refractivity contribution >= 4 is 22.8 Å². The number of imidazole rings is 1. The highest BCUT2D eigenvalue weighted by Gasteiger charge is 2.39. The van der Waals surface area contributed by atoms with Gasteiger partial charge in [-0.05, 0) is 31.5 Å². The molecule has 7 nitrogen and oxygen atoms in total. The van der Waals surface area contributed by atoms with Crippen LogP contribution < -0.4 is 0 Å². The first kappa shape index (κ1) is 15.1. The number of morpholine rings is 1. The molecular formula is C17H20N4O3. The van der Waals surface area contributed by atoms with Crippen molar-refractivity contribution in [2.75, 3.05) is 26.7 Å². The summed E-state index contributed by atoms with van der Waals surface area (Å²) >= 11 is 0. The van der Waals surface area contributed by atoms with E-state index < -0.39 is 0 Å². The van der Waals surface area contributed by atoms with Gasteiger partial charge in [0.05, 0.1) is 23.2 Å². The molecule has 3 heterocycles. The molecule has 126 valence electrons. The van der Waals surface area contributed by atoms with Gasteiger partial charge in [0.25, 0.3) is 5.91 Å². The summed E-state index contributed by atoms with van der Waals surface area (Å²) in [5.41, 5.74) is 2.35. The van der Waals surface area contributed by atoms with E-state index >= 15 is 0 Å². The molecular weight excluding hydrogens is 308 g/mol. The van der Waals surface area contributed by atoms with E-state index in [1.807, 2.05) is 30.0 Å². The number of carbonyl (C=O) groups is 2. The minimum Gasteiger partial charge on any atom is -0.366 e. The van der Waals surface area contributed by atoms with Crippen LogP contribution in [-0.4, -0.2) is 70.5 Å². The van der Waals surface area contributed by atoms with Gasteiger partial charge in [0.1, 0.15) is 12.4 Å². The number of likely N-dealkylation sites (tertiary alicyclic amines) is 1. The van der Waals surface area contributed by atoms with Gasteiger partial charge in [-0.2, -0.15) is 0 Å². The van der Waals surface area contributed by atoms with Crippen LogP contribution in [0.1, 0.15) is 22.6 Å². The number of amides is 2. The second kappa shape index (κ2) is 5.59. The molecule has 2 aliphatic rings. The Balaban J connectivity index is 1.56. The number of aromatic nitrogens is 2. The van der Waals surface area contributed by atoms with Gasteiger partial charge in [-0.3, -0.25) is 9.59 Å². The number of ether oxygens (including phenoxy) is 1. The summed E-state index contributed by atoms with van der Waals surface area (Å²) in [4.78, 5) is 35.7. The maximum Gasteiger partial charge on any atom is 0.254 e. The van der Waals surface area contributed by atoms with Gasteiger partial charge < -0.3 is 19.5 Å². The predicted molar refractivity (Wildman–Crippen MR) is 87.6 cm³/mol. The Morgan fingerprint density at radius 2 is 2.25 bits per heavy atom. The average Bonchev–Trinajstić information content (AvgIpc) is 2.96. The number of H-pyrrole nitrogens is 1. The average molecular weight is 328 g/mol. The second-order valence-corrected chi connectivity index (χ2v) is 6.52. The van der Waals surface area contributed by atoms with Crippen molar-refractivity contribution in [1.29, 1.82) is 0 Å². The van der Waals surface area contributed by atoms with Gasteiger partial charge in [-0.25, -0.2) is 4.98 Å². The minimum absolute atomic E-state index is 0.0194. The predicted octanol–water partition coefficient (Wildman–Crippen LogP) is 0.943. The topological polar surface area (TPSA) is 78.5 Å². The van der Waals surface area contributed by atoms with Crippen molar-refractivity contribution in [3.8, 4) is 0 Å². The number of aryl methyl sites for hydroxylation is 1. The van der Waals surface area contributed by atoms with Gasteiger partial charge in [0, 0.05) is 25.7 Å². The third-order valence-electron chi connectivity index (χ3n) is 4.97. The van der Waals surface area contributed by atoms with Crippen LogP contribution in [0.2, 0.25) is 0 Å². The molecule has 2 aromatic rings. The van der Waals surface area contributed by atoms with E-state index in [1.165, 1.54) is 0 Å². The van der Waals surface area contributed by atoms with Crippen LogP contribution in [0.5, 0.6) is 0 Å². The molecule has 4 rings (SSSR count). The third-order valence-corrected chi connectivity index (χ3v) is 4.97. The Hall–Kier alpha value is -2.41. The molecule has 0 bridgehead atoms. The first-order valence-electron chi connectivity index (χ1n) is 8.16. The fraction of sp³-hybridized carbons (Fsp3) is 0.471. The van der Waals surface area contributed by atoms with Crippen LogP contribution in [0.4, 0.5) is 0 Å².